The molecule has 19 heavy (non-hydrogen) atoms. The van der Waals surface area contributed by atoms with Crippen molar-refractivity contribution in [2.24, 2.45) is 0 Å². The van der Waals surface area contributed by atoms with Gasteiger partial charge in [-0.1, -0.05) is 11.8 Å². The molecule has 0 aliphatic rings. The molecular formula is C13H16N2O2S2. The maximum atomic E-state index is 12.5. The molecule has 0 atom stereocenters. The van der Waals surface area contributed by atoms with Crippen LogP contribution in [0.2, 0.25) is 0 Å². The van der Waals surface area contributed by atoms with Crippen LogP contribution in [0.25, 0.3) is 10.2 Å². The fourth-order valence-corrected chi connectivity index (χ4v) is 3.80. The molecule has 0 aliphatic heterocycles. The first kappa shape index (κ1) is 14.3. The topological polar surface area (TPSA) is 52.0 Å². The lowest BCUT2D eigenvalue weighted by Crippen LogP contribution is -2.22. The first-order valence-corrected chi connectivity index (χ1v) is 7.88. The van der Waals surface area contributed by atoms with Crippen molar-refractivity contribution in [2.45, 2.75) is 39.4 Å². The van der Waals surface area contributed by atoms with Gasteiger partial charge in [-0.3, -0.25) is 14.2 Å². The second-order valence-corrected chi connectivity index (χ2v) is 6.54. The zero-order valence-corrected chi connectivity index (χ0v) is 13.1. The van der Waals surface area contributed by atoms with E-state index in [4.69, 9.17) is 0 Å². The summed E-state index contributed by atoms with van der Waals surface area (Å²) in [6, 6.07) is 0. The number of rotatable bonds is 4. The number of ketones is 1. The Morgan fingerprint density at radius 2 is 2.11 bits per heavy atom. The Labute approximate surface area is 119 Å². The van der Waals surface area contributed by atoms with Crippen LogP contribution in [-0.4, -0.2) is 21.1 Å². The standard InChI is InChI=1S/C13H16N2O2S2/c1-5-15-12(17)10-8(3)9(4)19-11(10)14-13(15)18-6-7(2)16/h5-6H2,1-4H3. The number of aryl methyl sites for hydroxylation is 2. The molecule has 0 amide bonds. The van der Waals surface area contributed by atoms with E-state index < -0.39 is 0 Å². The molecule has 0 aliphatic carbocycles. The van der Waals surface area contributed by atoms with Crippen molar-refractivity contribution in [1.29, 1.82) is 0 Å². The third-order valence-corrected chi connectivity index (χ3v) is 5.20. The number of Topliss-reactive ketones (excluding diaryl/α,β-unsaturated/α-hetero) is 1. The van der Waals surface area contributed by atoms with Crippen LogP contribution < -0.4 is 5.56 Å². The largest absolute Gasteiger partial charge is 0.299 e. The lowest BCUT2D eigenvalue weighted by molar-refractivity contribution is -0.114. The smallest absolute Gasteiger partial charge is 0.263 e. The number of hydrogen-bond donors (Lipinski definition) is 0. The lowest BCUT2D eigenvalue weighted by atomic mass is 10.2. The van der Waals surface area contributed by atoms with Crippen LogP contribution in [0.3, 0.4) is 0 Å². The van der Waals surface area contributed by atoms with Crippen LogP contribution >= 0.6 is 23.1 Å². The molecule has 0 fully saturated rings. The molecule has 0 N–H and O–H groups in total. The molecule has 0 unspecified atom stereocenters. The van der Waals surface area contributed by atoms with Gasteiger partial charge in [0.2, 0.25) is 0 Å². The molecule has 0 saturated carbocycles. The predicted octanol–water partition coefficient (Wildman–Crippen LogP) is 2.78. The maximum Gasteiger partial charge on any atom is 0.263 e. The van der Waals surface area contributed by atoms with Crippen LogP contribution in [-0.2, 0) is 11.3 Å². The summed E-state index contributed by atoms with van der Waals surface area (Å²) < 4.78 is 1.65. The number of aromatic nitrogens is 2. The monoisotopic (exact) mass is 296 g/mol. The van der Waals surface area contributed by atoms with E-state index in [-0.39, 0.29) is 11.3 Å². The van der Waals surface area contributed by atoms with E-state index in [1.54, 1.807) is 11.5 Å². The molecule has 0 bridgehead atoms. The van der Waals surface area contributed by atoms with Crippen molar-refractivity contribution < 1.29 is 4.79 Å². The van der Waals surface area contributed by atoms with Crippen molar-refractivity contribution in [3.8, 4) is 0 Å². The lowest BCUT2D eigenvalue weighted by Gasteiger charge is -2.08. The van der Waals surface area contributed by atoms with E-state index in [1.807, 2.05) is 20.8 Å². The molecule has 0 spiro atoms. The quantitative estimate of drug-likeness (QED) is 0.643. The number of thiophene rings is 1. The molecule has 102 valence electrons. The molecule has 2 aromatic heterocycles. The minimum Gasteiger partial charge on any atom is -0.299 e. The summed E-state index contributed by atoms with van der Waals surface area (Å²) in [5.74, 6) is 0.432. The Kier molecular flexibility index (Phi) is 4.10. The summed E-state index contributed by atoms with van der Waals surface area (Å²) in [5, 5.41) is 1.35. The van der Waals surface area contributed by atoms with Crippen molar-refractivity contribution in [3.05, 3.63) is 20.8 Å². The number of nitrogens with zero attached hydrogens (tertiary/aromatic N) is 2. The highest BCUT2D eigenvalue weighted by Gasteiger charge is 2.16. The number of hydrogen-bond acceptors (Lipinski definition) is 5. The van der Waals surface area contributed by atoms with Gasteiger partial charge in [0.1, 0.15) is 10.6 Å². The number of carbonyl (C=O) groups excluding carboxylic acids is 1. The molecule has 2 heterocycles. The van der Waals surface area contributed by atoms with Crippen LogP contribution in [0.15, 0.2) is 9.95 Å². The Morgan fingerprint density at radius 1 is 1.42 bits per heavy atom. The number of thioether (sulfide) groups is 1. The molecule has 0 radical (unpaired) electrons. The van der Waals surface area contributed by atoms with Crippen molar-refractivity contribution in [1.82, 2.24) is 9.55 Å². The Morgan fingerprint density at radius 3 is 2.68 bits per heavy atom. The molecule has 6 heteroatoms. The summed E-state index contributed by atoms with van der Waals surface area (Å²) in [5.41, 5.74) is 1.02. The summed E-state index contributed by atoms with van der Waals surface area (Å²) >= 11 is 2.87. The van der Waals surface area contributed by atoms with Gasteiger partial charge in [-0.15, -0.1) is 11.3 Å². The SMILES string of the molecule is CCn1c(SCC(C)=O)nc2sc(C)c(C)c2c1=O. The van der Waals surface area contributed by atoms with Crippen LogP contribution in [0.1, 0.15) is 24.3 Å². The summed E-state index contributed by atoms with van der Waals surface area (Å²) in [7, 11) is 0. The first-order valence-electron chi connectivity index (χ1n) is 6.08. The average Bonchev–Trinajstić information content (AvgIpc) is 2.62. The zero-order chi connectivity index (χ0) is 14.2. The van der Waals surface area contributed by atoms with Gasteiger partial charge < -0.3 is 0 Å². The highest BCUT2D eigenvalue weighted by atomic mass is 32.2. The second-order valence-electron chi connectivity index (χ2n) is 4.40. The first-order chi connectivity index (χ1) is 8.95. The van der Waals surface area contributed by atoms with Gasteiger partial charge in [0.05, 0.1) is 11.1 Å². The van der Waals surface area contributed by atoms with Crippen molar-refractivity contribution in [3.63, 3.8) is 0 Å². The molecule has 4 nitrogen and oxygen atoms in total. The van der Waals surface area contributed by atoms with Crippen LogP contribution in [0, 0.1) is 13.8 Å². The molecular weight excluding hydrogens is 280 g/mol. The average molecular weight is 296 g/mol. The van der Waals surface area contributed by atoms with E-state index in [9.17, 15) is 9.59 Å². The van der Waals surface area contributed by atoms with E-state index in [1.165, 1.54) is 23.1 Å². The highest BCUT2D eigenvalue weighted by Crippen LogP contribution is 2.28. The molecule has 0 aromatic carbocycles. The van der Waals surface area contributed by atoms with Gasteiger partial charge in [-0.25, -0.2) is 4.98 Å². The van der Waals surface area contributed by atoms with Gasteiger partial charge >= 0.3 is 0 Å². The minimum absolute atomic E-state index is 0.000372. The zero-order valence-electron chi connectivity index (χ0n) is 11.4. The normalized spacial score (nSPS) is 11.2. The number of fused-ring (bicyclic) bond motifs is 1. The van der Waals surface area contributed by atoms with Gasteiger partial charge in [0, 0.05) is 11.4 Å². The molecule has 2 rings (SSSR count). The maximum absolute atomic E-state index is 12.5. The molecule has 2 aromatic rings. The Bertz CT molecular complexity index is 701. The third-order valence-electron chi connectivity index (χ3n) is 2.97. The fraction of sp³-hybridized carbons (Fsp3) is 0.462. The van der Waals surface area contributed by atoms with Crippen molar-refractivity contribution in [2.75, 3.05) is 5.75 Å². The van der Waals surface area contributed by atoms with E-state index in [0.29, 0.717) is 17.5 Å². The van der Waals surface area contributed by atoms with Gasteiger partial charge in [0.25, 0.3) is 5.56 Å². The molecule has 0 saturated heterocycles. The highest BCUT2D eigenvalue weighted by molar-refractivity contribution is 7.99. The fourth-order valence-electron chi connectivity index (χ4n) is 1.86. The summed E-state index contributed by atoms with van der Waals surface area (Å²) in [4.78, 5) is 30.0. The van der Waals surface area contributed by atoms with Crippen LogP contribution in [0.5, 0.6) is 0 Å². The van der Waals surface area contributed by atoms with Gasteiger partial charge in [-0.2, -0.15) is 0 Å². The van der Waals surface area contributed by atoms with E-state index >= 15 is 0 Å². The van der Waals surface area contributed by atoms with Gasteiger partial charge in [-0.05, 0) is 33.3 Å². The summed E-state index contributed by atoms with van der Waals surface area (Å²) in [6.07, 6.45) is 0. The van der Waals surface area contributed by atoms with Gasteiger partial charge in [0.15, 0.2) is 5.16 Å². The second kappa shape index (κ2) is 5.46. The predicted molar refractivity (Wildman–Crippen MR) is 80.4 cm³/mol. The van der Waals surface area contributed by atoms with Crippen LogP contribution in [0.4, 0.5) is 0 Å². The minimum atomic E-state index is 0.000372. The Hall–Kier alpha value is -1.14. The van der Waals surface area contributed by atoms with E-state index in [2.05, 4.69) is 4.98 Å². The Balaban J connectivity index is 2.65. The number of carbonyl (C=O) groups is 1. The van der Waals surface area contributed by atoms with E-state index in [0.717, 1.165) is 20.7 Å². The summed E-state index contributed by atoms with van der Waals surface area (Å²) in [6.45, 7) is 7.98. The third kappa shape index (κ3) is 2.60. The van der Waals surface area contributed by atoms with Crippen molar-refractivity contribution >= 4 is 39.1 Å².